The number of anilines is 1. The van der Waals surface area contributed by atoms with Crippen molar-refractivity contribution in [3.05, 3.63) is 43.0 Å². The molecule has 4 heterocycles. The predicted molar refractivity (Wildman–Crippen MR) is 141 cm³/mol. The Labute approximate surface area is 222 Å². The van der Waals surface area contributed by atoms with E-state index in [4.69, 9.17) is 4.42 Å². The van der Waals surface area contributed by atoms with Crippen LogP contribution in [0.15, 0.2) is 47.4 Å². The molecule has 2 aromatic heterocycles. The Morgan fingerprint density at radius 2 is 1.42 bits per heavy atom. The van der Waals surface area contributed by atoms with E-state index in [0.29, 0.717) is 37.3 Å². The number of hydrogen-bond donors (Lipinski definition) is 0. The third kappa shape index (κ3) is 5.98. The number of fused-ring (bicyclic) bond motifs is 1. The largest absolute Gasteiger partial charge is 0.422 e. The van der Waals surface area contributed by atoms with Crippen LogP contribution in [-0.2, 0) is 9.59 Å². The minimum atomic E-state index is -0.517. The van der Waals surface area contributed by atoms with Crippen LogP contribution in [0.4, 0.5) is 10.8 Å². The zero-order valence-electron chi connectivity index (χ0n) is 21.7. The number of para-hydroxylation sites is 2. The Bertz CT molecular complexity index is 1190. The first kappa shape index (κ1) is 25.7. The molecule has 1 aromatic carbocycles. The van der Waals surface area contributed by atoms with Crippen LogP contribution in [0, 0.1) is 0 Å². The lowest BCUT2D eigenvalue weighted by molar-refractivity contribution is -0.133. The number of hydrogen-bond acceptors (Lipinski definition) is 7. The maximum absolute atomic E-state index is 13.8. The fourth-order valence-corrected chi connectivity index (χ4v) is 5.08. The summed E-state index contributed by atoms with van der Waals surface area (Å²) in [7, 11) is 0. The molecule has 0 saturated carbocycles. The molecule has 11 heteroatoms. The van der Waals surface area contributed by atoms with Crippen molar-refractivity contribution in [3.8, 4) is 0 Å². The number of nitrogens with zero attached hydrogens (tertiary/aromatic N) is 7. The van der Waals surface area contributed by atoms with Crippen molar-refractivity contribution in [2.75, 3.05) is 44.3 Å². The normalized spacial score (nSPS) is 16.6. The van der Waals surface area contributed by atoms with Gasteiger partial charge in [0.25, 0.3) is 0 Å². The summed E-state index contributed by atoms with van der Waals surface area (Å²) in [6, 6.07) is 6.84. The summed E-state index contributed by atoms with van der Waals surface area (Å²) in [6.07, 6.45) is 12.5. The van der Waals surface area contributed by atoms with E-state index in [9.17, 15) is 14.4 Å². The highest BCUT2D eigenvalue weighted by atomic mass is 16.4. The van der Waals surface area contributed by atoms with Crippen molar-refractivity contribution in [1.82, 2.24) is 29.3 Å². The van der Waals surface area contributed by atoms with E-state index in [1.165, 1.54) is 33.3 Å². The third-order valence-electron chi connectivity index (χ3n) is 7.23. The van der Waals surface area contributed by atoms with Gasteiger partial charge in [-0.25, -0.2) is 19.8 Å². The highest BCUT2D eigenvalue weighted by Gasteiger charge is 2.33. The second-order valence-electron chi connectivity index (χ2n) is 9.92. The number of amides is 3. The first-order chi connectivity index (χ1) is 18.6. The Kier molecular flexibility index (Phi) is 8.20. The Morgan fingerprint density at radius 3 is 2.00 bits per heavy atom. The average molecular weight is 522 g/mol. The summed E-state index contributed by atoms with van der Waals surface area (Å²) in [5.74, 6) is -0.316. The topological polar surface area (TPSA) is 108 Å². The van der Waals surface area contributed by atoms with Gasteiger partial charge in [0.2, 0.25) is 11.8 Å². The molecular formula is C27H35N7O4. The quantitative estimate of drug-likeness (QED) is 0.457. The first-order valence-corrected chi connectivity index (χ1v) is 13.6. The molecular weight excluding hydrogens is 486 g/mol. The van der Waals surface area contributed by atoms with E-state index >= 15 is 0 Å². The number of likely N-dealkylation sites (tertiary alicyclic amines) is 2. The molecule has 3 amide bonds. The predicted octanol–water partition coefficient (Wildman–Crippen LogP) is 3.52. The van der Waals surface area contributed by atoms with E-state index in [2.05, 4.69) is 9.97 Å². The minimum Gasteiger partial charge on any atom is -0.422 e. The molecule has 0 atom stereocenters. The van der Waals surface area contributed by atoms with E-state index in [1.54, 1.807) is 6.07 Å². The van der Waals surface area contributed by atoms with Crippen LogP contribution in [0.2, 0.25) is 0 Å². The van der Waals surface area contributed by atoms with Crippen LogP contribution < -0.4 is 5.01 Å². The summed E-state index contributed by atoms with van der Waals surface area (Å²) >= 11 is 0. The summed E-state index contributed by atoms with van der Waals surface area (Å²) < 4.78 is 7.33. The lowest BCUT2D eigenvalue weighted by Gasteiger charge is -2.35. The molecule has 2 saturated heterocycles. The SMILES string of the molecule is O=C(CN(C(=O)n1ccnc1)N(CC(=O)N1CCCCCC1)c1nc2ccccc2o1)N1CCCCCC1. The monoisotopic (exact) mass is 521 g/mol. The Balaban J connectivity index is 1.49. The van der Waals surface area contributed by atoms with Crippen molar-refractivity contribution in [2.24, 2.45) is 0 Å². The number of oxazole rings is 1. The van der Waals surface area contributed by atoms with Crippen molar-refractivity contribution >= 4 is 35.0 Å². The standard InChI is InChI=1S/C27H35N7O4/c35-24(30-14-7-1-2-8-15-30)19-33(26-29-22-11-5-6-12-23(22)38-26)34(27(37)32-18-13-28-21-32)20-25(36)31-16-9-3-4-10-17-31/h5-6,11-13,18,21H,1-4,7-10,14-17,19-20H2. The van der Waals surface area contributed by atoms with Gasteiger partial charge >= 0.3 is 12.0 Å². The molecule has 3 aromatic rings. The summed E-state index contributed by atoms with van der Waals surface area (Å²) in [4.78, 5) is 53.1. The van der Waals surface area contributed by atoms with Crippen molar-refractivity contribution in [2.45, 2.75) is 51.4 Å². The van der Waals surface area contributed by atoms with Gasteiger partial charge in [-0.1, -0.05) is 37.8 Å². The number of carbonyl (C=O) groups excluding carboxylic acids is 3. The van der Waals surface area contributed by atoms with Crippen LogP contribution in [0.5, 0.6) is 0 Å². The molecule has 2 aliphatic rings. The van der Waals surface area contributed by atoms with Gasteiger partial charge in [-0.05, 0) is 37.8 Å². The Morgan fingerprint density at radius 1 is 0.816 bits per heavy atom. The smallest absolute Gasteiger partial charge is 0.348 e. The number of rotatable bonds is 6. The highest BCUT2D eigenvalue weighted by Crippen LogP contribution is 2.24. The summed E-state index contributed by atoms with van der Waals surface area (Å²) in [5.41, 5.74) is 1.13. The van der Waals surface area contributed by atoms with E-state index in [1.807, 2.05) is 28.0 Å². The molecule has 0 unspecified atom stereocenters. The van der Waals surface area contributed by atoms with Gasteiger partial charge in [0.1, 0.15) is 24.9 Å². The van der Waals surface area contributed by atoms with E-state index in [0.717, 1.165) is 51.4 Å². The van der Waals surface area contributed by atoms with Crippen molar-refractivity contribution < 1.29 is 18.8 Å². The van der Waals surface area contributed by atoms with Crippen LogP contribution in [0.25, 0.3) is 11.1 Å². The van der Waals surface area contributed by atoms with Crippen molar-refractivity contribution in [1.29, 1.82) is 0 Å². The average Bonchev–Trinajstić information content (AvgIpc) is 3.43. The molecule has 202 valence electrons. The molecule has 2 fully saturated rings. The molecule has 0 aliphatic carbocycles. The Hall–Kier alpha value is -3.89. The maximum Gasteiger partial charge on any atom is 0.348 e. The molecule has 0 radical (unpaired) electrons. The van der Waals surface area contributed by atoms with Crippen molar-refractivity contribution in [3.63, 3.8) is 0 Å². The van der Waals surface area contributed by atoms with Gasteiger partial charge in [-0.15, -0.1) is 0 Å². The highest BCUT2D eigenvalue weighted by molar-refractivity contribution is 5.88. The second-order valence-corrected chi connectivity index (χ2v) is 9.92. The third-order valence-corrected chi connectivity index (χ3v) is 7.23. The lowest BCUT2D eigenvalue weighted by atomic mass is 10.2. The van der Waals surface area contributed by atoms with Crippen LogP contribution in [-0.4, -0.2) is 86.5 Å². The maximum atomic E-state index is 13.8. The van der Waals surface area contributed by atoms with Gasteiger partial charge < -0.3 is 14.2 Å². The zero-order valence-corrected chi connectivity index (χ0v) is 21.7. The van der Waals surface area contributed by atoms with Gasteiger partial charge in [0.15, 0.2) is 5.58 Å². The minimum absolute atomic E-state index is 0.0894. The summed E-state index contributed by atoms with van der Waals surface area (Å²) in [5, 5.41) is 2.70. The van der Waals surface area contributed by atoms with Gasteiger partial charge in [-0.2, -0.15) is 4.98 Å². The van der Waals surface area contributed by atoms with Crippen LogP contribution in [0.3, 0.4) is 0 Å². The molecule has 38 heavy (non-hydrogen) atoms. The second kappa shape index (κ2) is 12.1. The van der Waals surface area contributed by atoms with Crippen LogP contribution in [0.1, 0.15) is 51.4 Å². The number of aromatic nitrogens is 3. The van der Waals surface area contributed by atoms with E-state index < -0.39 is 6.03 Å². The summed E-state index contributed by atoms with van der Waals surface area (Å²) in [6.45, 7) is 2.22. The number of imidazole rings is 1. The number of hydrazine groups is 1. The number of carbonyl (C=O) groups is 3. The first-order valence-electron chi connectivity index (χ1n) is 13.6. The lowest BCUT2D eigenvalue weighted by Crippen LogP contribution is -2.56. The fraction of sp³-hybridized carbons (Fsp3) is 0.519. The molecule has 11 nitrogen and oxygen atoms in total. The molecule has 2 aliphatic heterocycles. The molecule has 0 spiro atoms. The molecule has 0 bridgehead atoms. The van der Waals surface area contributed by atoms with Crippen LogP contribution >= 0.6 is 0 Å². The molecule has 0 N–H and O–H groups in total. The number of benzene rings is 1. The fourth-order valence-electron chi connectivity index (χ4n) is 5.08. The zero-order chi connectivity index (χ0) is 26.3. The van der Waals surface area contributed by atoms with Gasteiger partial charge in [0.05, 0.1) is 0 Å². The van der Waals surface area contributed by atoms with Gasteiger partial charge in [0, 0.05) is 38.6 Å². The van der Waals surface area contributed by atoms with E-state index in [-0.39, 0.29) is 30.9 Å². The van der Waals surface area contributed by atoms with Gasteiger partial charge in [-0.3, -0.25) is 14.2 Å². The molecule has 5 rings (SSSR count).